The van der Waals surface area contributed by atoms with E-state index < -0.39 is 0 Å². The van der Waals surface area contributed by atoms with Crippen LogP contribution in [0.2, 0.25) is 0 Å². The number of methoxy groups -OCH3 is 1. The molecule has 0 saturated heterocycles. The molecule has 0 radical (unpaired) electrons. The molecule has 0 spiro atoms. The maximum absolute atomic E-state index is 5.28. The van der Waals surface area contributed by atoms with Crippen LogP contribution in [-0.4, -0.2) is 12.3 Å². The maximum Gasteiger partial charge on any atom is 0.137 e. The molecule has 108 valence electrons. The van der Waals surface area contributed by atoms with Crippen LogP contribution < -0.4 is 4.74 Å². The second-order valence-corrected chi connectivity index (χ2v) is 5.27. The quantitative estimate of drug-likeness (QED) is 0.781. The van der Waals surface area contributed by atoms with Crippen molar-refractivity contribution in [3.8, 4) is 5.75 Å². The van der Waals surface area contributed by atoms with Gasteiger partial charge in [0.2, 0.25) is 0 Å². The topological polar surface area (TPSA) is 35.3 Å². The van der Waals surface area contributed by atoms with Crippen LogP contribution in [0.15, 0.2) is 28.8 Å². The Bertz CT molecular complexity index is 523. The second-order valence-electron chi connectivity index (χ2n) is 5.27. The van der Waals surface area contributed by atoms with E-state index in [9.17, 15) is 0 Å². The van der Waals surface area contributed by atoms with E-state index in [2.05, 4.69) is 24.2 Å². The number of aromatic nitrogens is 1. The Balaban J connectivity index is 2.22. The fraction of sp³-hybridized carbons (Fsp3) is 0.471. The van der Waals surface area contributed by atoms with Crippen molar-refractivity contribution >= 4 is 0 Å². The number of nitrogens with zero attached hydrogens (tertiary/aromatic N) is 1. The normalized spacial score (nSPS) is 12.4. The van der Waals surface area contributed by atoms with Crippen LogP contribution in [-0.2, 0) is 6.42 Å². The Morgan fingerprint density at radius 2 is 1.90 bits per heavy atom. The van der Waals surface area contributed by atoms with E-state index in [-0.39, 0.29) is 0 Å². The van der Waals surface area contributed by atoms with Gasteiger partial charge in [0.15, 0.2) is 0 Å². The lowest BCUT2D eigenvalue weighted by Gasteiger charge is -2.17. The predicted octanol–water partition coefficient (Wildman–Crippen LogP) is 4.43. The van der Waals surface area contributed by atoms with Crippen LogP contribution in [0.5, 0.6) is 5.75 Å². The van der Waals surface area contributed by atoms with Gasteiger partial charge < -0.3 is 9.26 Å². The van der Waals surface area contributed by atoms with Crippen LogP contribution in [0, 0.1) is 13.8 Å². The van der Waals surface area contributed by atoms with Gasteiger partial charge in [-0.3, -0.25) is 0 Å². The van der Waals surface area contributed by atoms with E-state index >= 15 is 0 Å². The number of aryl methyl sites for hydroxylation is 2. The molecule has 0 aliphatic rings. The summed E-state index contributed by atoms with van der Waals surface area (Å²) < 4.78 is 10.5. The van der Waals surface area contributed by atoms with E-state index in [0.717, 1.165) is 30.0 Å². The van der Waals surface area contributed by atoms with Crippen LogP contribution in [0.1, 0.15) is 48.3 Å². The molecule has 0 aliphatic heterocycles. The molecule has 0 fully saturated rings. The molecular formula is C17H23NO2. The standard InChI is InChI=1S/C17H23NO2/c1-5-6-15(11-17-12(2)18-20-13(17)3)14-7-9-16(19-4)10-8-14/h7-10,15H,5-6,11H2,1-4H3. The Labute approximate surface area is 120 Å². The Morgan fingerprint density at radius 3 is 2.40 bits per heavy atom. The molecule has 3 nitrogen and oxygen atoms in total. The minimum absolute atomic E-state index is 0.503. The molecule has 1 aromatic carbocycles. The summed E-state index contributed by atoms with van der Waals surface area (Å²) in [5.41, 5.74) is 3.61. The van der Waals surface area contributed by atoms with Gasteiger partial charge in [0.25, 0.3) is 0 Å². The fourth-order valence-corrected chi connectivity index (χ4v) is 2.65. The van der Waals surface area contributed by atoms with Gasteiger partial charge in [-0.25, -0.2) is 0 Å². The average Bonchev–Trinajstić information content (AvgIpc) is 2.78. The molecule has 1 aromatic heterocycles. The highest BCUT2D eigenvalue weighted by atomic mass is 16.5. The van der Waals surface area contributed by atoms with Crippen molar-refractivity contribution in [1.82, 2.24) is 5.16 Å². The third-order valence-electron chi connectivity index (χ3n) is 3.86. The second kappa shape index (κ2) is 6.60. The van der Waals surface area contributed by atoms with Crippen molar-refractivity contribution in [2.75, 3.05) is 7.11 Å². The number of hydrogen-bond donors (Lipinski definition) is 0. The number of rotatable bonds is 6. The Kier molecular flexibility index (Phi) is 4.83. The predicted molar refractivity (Wildman–Crippen MR) is 80.3 cm³/mol. The third kappa shape index (κ3) is 3.21. The summed E-state index contributed by atoms with van der Waals surface area (Å²) in [5, 5.41) is 4.06. The molecule has 0 amide bonds. The van der Waals surface area contributed by atoms with Crippen molar-refractivity contribution in [3.05, 3.63) is 46.8 Å². The largest absolute Gasteiger partial charge is 0.497 e. The zero-order valence-corrected chi connectivity index (χ0v) is 12.8. The zero-order chi connectivity index (χ0) is 14.5. The minimum atomic E-state index is 0.503. The monoisotopic (exact) mass is 273 g/mol. The van der Waals surface area contributed by atoms with Crippen LogP contribution in [0.3, 0.4) is 0 Å². The van der Waals surface area contributed by atoms with Gasteiger partial charge in [0.05, 0.1) is 12.8 Å². The van der Waals surface area contributed by atoms with Gasteiger partial charge in [-0.15, -0.1) is 0 Å². The van der Waals surface area contributed by atoms with Gasteiger partial charge in [0.1, 0.15) is 11.5 Å². The molecule has 20 heavy (non-hydrogen) atoms. The van der Waals surface area contributed by atoms with Crippen LogP contribution >= 0.6 is 0 Å². The molecule has 0 saturated carbocycles. The first-order valence-corrected chi connectivity index (χ1v) is 7.21. The van der Waals surface area contributed by atoms with Crippen LogP contribution in [0.4, 0.5) is 0 Å². The van der Waals surface area contributed by atoms with Gasteiger partial charge in [0, 0.05) is 5.56 Å². The smallest absolute Gasteiger partial charge is 0.137 e. The SMILES string of the molecule is CCCC(Cc1c(C)noc1C)c1ccc(OC)cc1. The maximum atomic E-state index is 5.28. The van der Waals surface area contributed by atoms with Crippen molar-refractivity contribution in [1.29, 1.82) is 0 Å². The van der Waals surface area contributed by atoms with Crippen molar-refractivity contribution < 1.29 is 9.26 Å². The van der Waals surface area contributed by atoms with Gasteiger partial charge in [-0.05, 0) is 50.3 Å². The molecule has 1 unspecified atom stereocenters. The summed E-state index contributed by atoms with van der Waals surface area (Å²) in [7, 11) is 1.70. The highest BCUT2D eigenvalue weighted by Crippen LogP contribution is 2.29. The van der Waals surface area contributed by atoms with Gasteiger partial charge >= 0.3 is 0 Å². The first-order chi connectivity index (χ1) is 9.65. The summed E-state index contributed by atoms with van der Waals surface area (Å²) in [5.74, 6) is 2.35. The van der Waals surface area contributed by atoms with E-state index in [1.165, 1.54) is 17.5 Å². The molecule has 1 atom stereocenters. The lowest BCUT2D eigenvalue weighted by molar-refractivity contribution is 0.391. The molecule has 2 aromatic rings. The summed E-state index contributed by atoms with van der Waals surface area (Å²) in [6.07, 6.45) is 3.32. The lowest BCUT2D eigenvalue weighted by Crippen LogP contribution is -2.04. The summed E-state index contributed by atoms with van der Waals surface area (Å²) >= 11 is 0. The lowest BCUT2D eigenvalue weighted by atomic mass is 9.88. The minimum Gasteiger partial charge on any atom is -0.497 e. The number of ether oxygens (including phenoxy) is 1. The molecule has 0 N–H and O–H groups in total. The van der Waals surface area contributed by atoms with E-state index in [1.54, 1.807) is 7.11 Å². The molecule has 0 aliphatic carbocycles. The number of benzene rings is 1. The summed E-state index contributed by atoms with van der Waals surface area (Å²) in [6, 6.07) is 8.39. The first kappa shape index (κ1) is 14.6. The highest BCUT2D eigenvalue weighted by molar-refractivity contribution is 5.32. The van der Waals surface area contributed by atoms with E-state index in [1.807, 2.05) is 26.0 Å². The molecule has 3 heteroatoms. The zero-order valence-electron chi connectivity index (χ0n) is 12.8. The van der Waals surface area contributed by atoms with Gasteiger partial charge in [-0.1, -0.05) is 30.6 Å². The molecule has 0 bridgehead atoms. The fourth-order valence-electron chi connectivity index (χ4n) is 2.65. The highest BCUT2D eigenvalue weighted by Gasteiger charge is 2.17. The van der Waals surface area contributed by atoms with Crippen LogP contribution in [0.25, 0.3) is 0 Å². The number of hydrogen-bond acceptors (Lipinski definition) is 3. The van der Waals surface area contributed by atoms with Crippen molar-refractivity contribution in [3.63, 3.8) is 0 Å². The molecular weight excluding hydrogens is 250 g/mol. The Hall–Kier alpha value is -1.77. The van der Waals surface area contributed by atoms with Gasteiger partial charge in [-0.2, -0.15) is 0 Å². The van der Waals surface area contributed by atoms with Crippen molar-refractivity contribution in [2.24, 2.45) is 0 Å². The van der Waals surface area contributed by atoms with Crippen molar-refractivity contribution in [2.45, 2.75) is 46.0 Å². The van der Waals surface area contributed by atoms with E-state index in [4.69, 9.17) is 9.26 Å². The average molecular weight is 273 g/mol. The summed E-state index contributed by atoms with van der Waals surface area (Å²) in [6.45, 7) is 6.24. The third-order valence-corrected chi connectivity index (χ3v) is 3.86. The molecule has 2 rings (SSSR count). The van der Waals surface area contributed by atoms with E-state index in [0.29, 0.717) is 5.92 Å². The Morgan fingerprint density at radius 1 is 1.20 bits per heavy atom. The molecule has 1 heterocycles. The first-order valence-electron chi connectivity index (χ1n) is 7.21. The summed E-state index contributed by atoms with van der Waals surface area (Å²) in [4.78, 5) is 0.